The van der Waals surface area contributed by atoms with Crippen LogP contribution in [0.3, 0.4) is 0 Å². The van der Waals surface area contributed by atoms with Gasteiger partial charge in [0.25, 0.3) is 0 Å². The van der Waals surface area contributed by atoms with Crippen molar-refractivity contribution in [1.82, 2.24) is 0 Å². The van der Waals surface area contributed by atoms with E-state index in [1.165, 1.54) is 0 Å². The van der Waals surface area contributed by atoms with Crippen molar-refractivity contribution in [1.29, 1.82) is 15.8 Å². The highest BCUT2D eigenvalue weighted by Crippen LogP contribution is 2.72. The zero-order chi connectivity index (χ0) is 13.8. The number of nitriles is 3. The quantitative estimate of drug-likeness (QED) is 0.687. The summed E-state index contributed by atoms with van der Waals surface area (Å²) >= 11 is 2.93. The van der Waals surface area contributed by atoms with E-state index >= 15 is 0 Å². The molecule has 5 nitrogen and oxygen atoms in total. The number of hydrogen-bond acceptors (Lipinski definition) is 5. The molecule has 2 atom stereocenters. The second kappa shape index (κ2) is 3.25. The molecule has 1 aliphatic carbocycles. The van der Waals surface area contributed by atoms with Crippen LogP contribution in [0.15, 0.2) is 4.02 Å². The fourth-order valence-corrected chi connectivity index (χ4v) is 4.00. The van der Waals surface area contributed by atoms with Crippen LogP contribution >= 0.6 is 16.1 Å². The third-order valence-corrected chi connectivity index (χ3v) is 4.69. The fourth-order valence-electron chi connectivity index (χ4n) is 3.66. The Balaban J connectivity index is 2.93. The molecule has 2 bridgehead atoms. The van der Waals surface area contributed by atoms with Crippen molar-refractivity contribution in [2.75, 3.05) is 0 Å². The zero-order valence-electron chi connectivity index (χ0n) is 10.3. The average molecular weight is 307 g/mol. The second-order valence-corrected chi connectivity index (χ2v) is 5.97. The van der Waals surface area contributed by atoms with E-state index in [4.69, 9.17) is 4.74 Å². The molecule has 18 heavy (non-hydrogen) atoms. The van der Waals surface area contributed by atoms with Gasteiger partial charge in [-0.25, -0.2) is 0 Å². The van der Waals surface area contributed by atoms with Crippen LogP contribution in [0.25, 0.3) is 0 Å². The van der Waals surface area contributed by atoms with Gasteiger partial charge in [0.2, 0.25) is 11.3 Å². The van der Waals surface area contributed by atoms with Gasteiger partial charge in [-0.05, 0) is 18.8 Å². The predicted octanol–water partition coefficient (Wildman–Crippen LogP) is 2.46. The maximum Gasteiger partial charge on any atom is 0.220 e. The van der Waals surface area contributed by atoms with Crippen LogP contribution in [0.4, 0.5) is 0 Å². The highest BCUT2D eigenvalue weighted by atomic mass is 79.9. The number of rotatable bonds is 0. The molecule has 0 aromatic carbocycles. The van der Waals surface area contributed by atoms with Gasteiger partial charge in [-0.15, -0.1) is 0 Å². The van der Waals surface area contributed by atoms with Crippen LogP contribution in [0.5, 0.6) is 0 Å². The first-order chi connectivity index (χ1) is 8.30. The minimum absolute atomic E-state index is 0.131. The maximum atomic E-state index is 9.66. The third-order valence-electron chi connectivity index (χ3n) is 4.37. The molecule has 92 valence electrons. The first kappa shape index (κ1) is 12.9. The molecular weight excluding hydrogens is 296 g/mol. The number of ether oxygens (including phenoxy) is 1. The zero-order valence-corrected chi connectivity index (χ0v) is 11.9. The molecule has 0 aromatic heterocycles. The summed E-state index contributed by atoms with van der Waals surface area (Å²) in [5, 5.41) is 28.7. The lowest BCUT2D eigenvalue weighted by atomic mass is 9.58. The van der Waals surface area contributed by atoms with Crippen molar-refractivity contribution < 1.29 is 4.74 Å². The van der Waals surface area contributed by atoms with Crippen molar-refractivity contribution in [3.8, 4) is 18.2 Å². The number of hydrogen-bond donors (Lipinski definition) is 0. The Kier molecular flexibility index (Phi) is 2.32. The van der Waals surface area contributed by atoms with Gasteiger partial charge in [-0.3, -0.25) is 0 Å². The van der Waals surface area contributed by atoms with Gasteiger partial charge in [0.05, 0.1) is 34.4 Å². The van der Waals surface area contributed by atoms with Crippen molar-refractivity contribution in [3.05, 3.63) is 0 Å². The molecule has 1 heterocycles. The summed E-state index contributed by atoms with van der Waals surface area (Å²) in [4.78, 5) is 0. The molecule has 0 radical (unpaired) electrons. The highest BCUT2D eigenvalue weighted by molar-refractivity contribution is 9.08. The monoisotopic (exact) mass is 306 g/mol. The standard InChI is InChI=1S/C12H11BrN4O/c1-9(2)4-10(3)11(5-14,6-15)12(9,7-16)8(17-13)18-10/h4H2,1-3H3/t10-,12+/m1/s1. The highest BCUT2D eigenvalue weighted by Gasteiger charge is 2.85. The largest absolute Gasteiger partial charge is 0.470 e. The van der Waals surface area contributed by atoms with Gasteiger partial charge in [0.15, 0.2) is 5.41 Å². The smallest absolute Gasteiger partial charge is 0.220 e. The average Bonchev–Trinajstić information content (AvgIpc) is 2.62. The third kappa shape index (κ3) is 0.910. The van der Waals surface area contributed by atoms with Crippen LogP contribution in [-0.2, 0) is 4.74 Å². The van der Waals surface area contributed by atoms with E-state index in [-0.39, 0.29) is 5.90 Å². The van der Waals surface area contributed by atoms with Crippen molar-refractivity contribution >= 4 is 22.0 Å². The fraction of sp³-hybridized carbons (Fsp3) is 0.667. The van der Waals surface area contributed by atoms with E-state index in [1.807, 2.05) is 26.0 Å². The Hall–Kier alpha value is -1.58. The Morgan fingerprint density at radius 1 is 1.17 bits per heavy atom. The molecule has 1 saturated carbocycles. The Bertz CT molecular complexity index is 562. The van der Waals surface area contributed by atoms with E-state index in [0.29, 0.717) is 6.42 Å². The summed E-state index contributed by atoms with van der Waals surface area (Å²) in [6, 6.07) is 6.21. The van der Waals surface area contributed by atoms with Gasteiger partial charge in [-0.2, -0.15) is 19.8 Å². The molecule has 0 amide bonds. The Labute approximate surface area is 114 Å². The van der Waals surface area contributed by atoms with Crippen molar-refractivity contribution in [2.24, 2.45) is 20.3 Å². The lowest BCUT2D eigenvalue weighted by molar-refractivity contribution is 0.0391. The number of fused-ring (bicyclic) bond motifs is 2. The van der Waals surface area contributed by atoms with Crippen molar-refractivity contribution in [3.63, 3.8) is 0 Å². The molecule has 6 heteroatoms. The lowest BCUT2D eigenvalue weighted by Crippen LogP contribution is -2.47. The molecule has 1 aliphatic heterocycles. The normalized spacial score (nSPS) is 40.6. The Morgan fingerprint density at radius 2 is 1.72 bits per heavy atom. The van der Waals surface area contributed by atoms with Gasteiger partial charge in [0.1, 0.15) is 5.60 Å². The maximum absolute atomic E-state index is 9.66. The summed E-state index contributed by atoms with van der Waals surface area (Å²) in [5.74, 6) is 0.131. The molecular formula is C12H11BrN4O. The summed E-state index contributed by atoms with van der Waals surface area (Å²) < 4.78 is 9.49. The van der Waals surface area contributed by atoms with E-state index in [1.54, 1.807) is 6.92 Å². The first-order valence-electron chi connectivity index (χ1n) is 5.43. The Morgan fingerprint density at radius 3 is 2.11 bits per heavy atom. The first-order valence-corrected chi connectivity index (χ1v) is 6.14. The van der Waals surface area contributed by atoms with Crippen LogP contribution < -0.4 is 0 Å². The number of nitrogens with zero attached hydrogens (tertiary/aromatic N) is 4. The number of halogens is 1. The van der Waals surface area contributed by atoms with E-state index in [2.05, 4.69) is 26.2 Å². The molecule has 2 fully saturated rings. The molecule has 0 spiro atoms. The van der Waals surface area contributed by atoms with Crippen LogP contribution in [-0.4, -0.2) is 11.5 Å². The lowest BCUT2D eigenvalue weighted by Gasteiger charge is -2.37. The van der Waals surface area contributed by atoms with Crippen molar-refractivity contribution in [2.45, 2.75) is 32.8 Å². The summed E-state index contributed by atoms with van der Waals surface area (Å²) in [6.45, 7) is 5.43. The minimum atomic E-state index is -1.54. The minimum Gasteiger partial charge on any atom is -0.470 e. The van der Waals surface area contributed by atoms with Gasteiger partial charge in [0, 0.05) is 0 Å². The van der Waals surface area contributed by atoms with Gasteiger partial charge in [-0.1, -0.05) is 13.8 Å². The SMILES string of the molecule is CC1(C)C[C@@]2(C)OC(=NBr)[C@]1(C#N)C2(C#N)C#N. The topological polar surface area (TPSA) is 93.0 Å². The van der Waals surface area contributed by atoms with Crippen LogP contribution in [0, 0.1) is 50.2 Å². The second-order valence-electron chi connectivity index (χ2n) is 5.62. The van der Waals surface area contributed by atoms with Crippen LogP contribution in [0.2, 0.25) is 0 Å². The summed E-state index contributed by atoms with van der Waals surface area (Å²) in [6.07, 6.45) is 0.459. The van der Waals surface area contributed by atoms with Crippen LogP contribution in [0.1, 0.15) is 27.2 Å². The molecule has 0 aromatic rings. The molecule has 1 saturated heterocycles. The predicted molar refractivity (Wildman–Crippen MR) is 66.0 cm³/mol. The van der Waals surface area contributed by atoms with E-state index < -0.39 is 21.8 Å². The molecule has 2 aliphatic rings. The summed E-state index contributed by atoms with van der Waals surface area (Å²) in [5.41, 5.74) is -4.46. The van der Waals surface area contributed by atoms with Gasteiger partial charge < -0.3 is 4.74 Å². The van der Waals surface area contributed by atoms with E-state index in [9.17, 15) is 15.8 Å². The molecule has 0 N–H and O–H groups in total. The molecule has 2 rings (SSSR count). The van der Waals surface area contributed by atoms with E-state index in [0.717, 1.165) is 0 Å². The molecule has 0 unspecified atom stereocenters. The van der Waals surface area contributed by atoms with Gasteiger partial charge >= 0.3 is 0 Å². The summed E-state index contributed by atoms with van der Waals surface area (Å²) in [7, 11) is 0.